The van der Waals surface area contributed by atoms with Crippen LogP contribution in [0, 0.1) is 5.41 Å². The molecule has 1 aliphatic carbocycles. The van der Waals surface area contributed by atoms with Gasteiger partial charge in [0.2, 0.25) is 0 Å². The number of hydrogen-bond donors (Lipinski definition) is 2. The lowest BCUT2D eigenvalue weighted by Crippen LogP contribution is -2.60. The molecule has 0 radical (unpaired) electrons. The largest absolute Gasteiger partial charge is 0.497 e. The Bertz CT molecular complexity index is 413. The number of hydrogen-bond acceptors (Lipinski definition) is 3. The van der Waals surface area contributed by atoms with Crippen molar-refractivity contribution in [2.45, 2.75) is 51.8 Å². The lowest BCUT2D eigenvalue weighted by molar-refractivity contribution is -0.0762. The first-order valence-corrected chi connectivity index (χ1v) is 7.07. The molecule has 0 saturated heterocycles. The van der Waals surface area contributed by atoms with E-state index >= 15 is 0 Å². The molecule has 3 unspecified atom stereocenters. The number of rotatable bonds is 5. The number of benzene rings is 1. The Kier molecular flexibility index (Phi) is 4.16. The third kappa shape index (κ3) is 2.77. The van der Waals surface area contributed by atoms with Crippen LogP contribution in [0.25, 0.3) is 0 Å². The van der Waals surface area contributed by atoms with Crippen LogP contribution in [0.3, 0.4) is 0 Å². The van der Waals surface area contributed by atoms with Crippen molar-refractivity contribution in [2.75, 3.05) is 7.11 Å². The third-order valence-electron chi connectivity index (χ3n) is 4.54. The second-order valence-electron chi connectivity index (χ2n) is 6.03. The van der Waals surface area contributed by atoms with Gasteiger partial charge in [-0.05, 0) is 30.5 Å². The molecule has 1 saturated carbocycles. The molecule has 3 nitrogen and oxygen atoms in total. The molecule has 3 heteroatoms. The number of methoxy groups -OCH3 is 1. The fraction of sp³-hybridized carbons (Fsp3) is 0.625. The molecule has 106 valence electrons. The van der Waals surface area contributed by atoms with Crippen molar-refractivity contribution in [3.05, 3.63) is 29.8 Å². The minimum absolute atomic E-state index is 0.0279. The van der Waals surface area contributed by atoms with Gasteiger partial charge in [0.15, 0.2) is 0 Å². The number of nitrogens with one attached hydrogen (secondary N) is 1. The molecule has 0 heterocycles. The van der Waals surface area contributed by atoms with Crippen LogP contribution >= 0.6 is 0 Å². The molecule has 2 N–H and O–H groups in total. The molecule has 1 fully saturated rings. The number of aliphatic hydroxyl groups is 1. The molecule has 2 rings (SSSR count). The van der Waals surface area contributed by atoms with Crippen LogP contribution in [0.15, 0.2) is 24.3 Å². The molecular weight excluding hydrogens is 238 g/mol. The van der Waals surface area contributed by atoms with Gasteiger partial charge in [-0.1, -0.05) is 32.9 Å². The molecule has 0 bridgehead atoms. The van der Waals surface area contributed by atoms with E-state index in [1.165, 1.54) is 5.56 Å². The van der Waals surface area contributed by atoms with E-state index in [2.05, 4.69) is 38.2 Å². The van der Waals surface area contributed by atoms with E-state index in [4.69, 9.17) is 4.74 Å². The Balaban J connectivity index is 2.04. The van der Waals surface area contributed by atoms with E-state index in [0.717, 1.165) is 18.6 Å². The number of ether oxygens (including phenoxy) is 1. The summed E-state index contributed by atoms with van der Waals surface area (Å²) in [6, 6.07) is 8.95. The predicted molar refractivity (Wildman–Crippen MR) is 77.4 cm³/mol. The van der Waals surface area contributed by atoms with Crippen LogP contribution in [0.5, 0.6) is 5.75 Å². The highest BCUT2D eigenvalue weighted by Crippen LogP contribution is 2.41. The Morgan fingerprint density at radius 2 is 2.00 bits per heavy atom. The van der Waals surface area contributed by atoms with Crippen molar-refractivity contribution in [1.82, 2.24) is 5.32 Å². The van der Waals surface area contributed by atoms with Crippen molar-refractivity contribution < 1.29 is 9.84 Å². The Morgan fingerprint density at radius 1 is 1.37 bits per heavy atom. The highest BCUT2D eigenvalue weighted by Gasteiger charge is 2.47. The van der Waals surface area contributed by atoms with Gasteiger partial charge in [-0.3, -0.25) is 0 Å². The molecule has 1 aromatic rings. The molecule has 0 aromatic heterocycles. The van der Waals surface area contributed by atoms with Crippen LogP contribution in [0.1, 0.15) is 45.2 Å². The van der Waals surface area contributed by atoms with E-state index in [1.807, 2.05) is 12.1 Å². The summed E-state index contributed by atoms with van der Waals surface area (Å²) >= 11 is 0. The average molecular weight is 263 g/mol. The van der Waals surface area contributed by atoms with Crippen LogP contribution in [-0.4, -0.2) is 24.4 Å². The smallest absolute Gasteiger partial charge is 0.118 e. The van der Waals surface area contributed by atoms with Gasteiger partial charge in [-0.25, -0.2) is 0 Å². The summed E-state index contributed by atoms with van der Waals surface area (Å²) < 4.78 is 5.19. The maximum absolute atomic E-state index is 9.81. The van der Waals surface area contributed by atoms with Crippen LogP contribution in [-0.2, 0) is 0 Å². The minimum atomic E-state index is -0.182. The summed E-state index contributed by atoms with van der Waals surface area (Å²) in [7, 11) is 1.68. The van der Waals surface area contributed by atoms with Crippen LogP contribution in [0.2, 0.25) is 0 Å². The summed E-state index contributed by atoms with van der Waals surface area (Å²) in [4.78, 5) is 0. The molecule has 1 aliphatic rings. The van der Waals surface area contributed by atoms with Gasteiger partial charge < -0.3 is 15.2 Å². The third-order valence-corrected chi connectivity index (χ3v) is 4.54. The van der Waals surface area contributed by atoms with E-state index < -0.39 is 0 Å². The summed E-state index contributed by atoms with van der Waals surface area (Å²) in [6.45, 7) is 6.43. The topological polar surface area (TPSA) is 41.5 Å². The monoisotopic (exact) mass is 263 g/mol. The number of aliphatic hydroxyl groups excluding tert-OH is 1. The van der Waals surface area contributed by atoms with Gasteiger partial charge in [0.05, 0.1) is 13.2 Å². The van der Waals surface area contributed by atoms with Gasteiger partial charge in [0.25, 0.3) is 0 Å². The Labute approximate surface area is 116 Å². The maximum atomic E-state index is 9.81. The zero-order valence-electron chi connectivity index (χ0n) is 12.3. The lowest BCUT2D eigenvalue weighted by Gasteiger charge is -2.51. The van der Waals surface area contributed by atoms with Crippen molar-refractivity contribution in [3.63, 3.8) is 0 Å². The van der Waals surface area contributed by atoms with E-state index in [-0.39, 0.29) is 11.5 Å². The van der Waals surface area contributed by atoms with Gasteiger partial charge in [0, 0.05) is 17.5 Å². The lowest BCUT2D eigenvalue weighted by atomic mass is 9.64. The second kappa shape index (κ2) is 5.51. The van der Waals surface area contributed by atoms with E-state index in [1.54, 1.807) is 7.11 Å². The second-order valence-corrected chi connectivity index (χ2v) is 6.03. The molecule has 0 aliphatic heterocycles. The average Bonchev–Trinajstić information content (AvgIpc) is 2.43. The molecule has 19 heavy (non-hydrogen) atoms. The maximum Gasteiger partial charge on any atom is 0.118 e. The van der Waals surface area contributed by atoms with E-state index in [0.29, 0.717) is 12.1 Å². The standard InChI is InChI=1S/C16H25NO2/c1-5-13(11-6-8-12(19-4)9-7-11)17-14-10-15(18)16(14,2)3/h6-9,13-15,17-18H,5,10H2,1-4H3. The zero-order valence-corrected chi connectivity index (χ0v) is 12.3. The first-order valence-electron chi connectivity index (χ1n) is 7.07. The van der Waals surface area contributed by atoms with Crippen molar-refractivity contribution in [1.29, 1.82) is 0 Å². The SMILES string of the molecule is CCC(NC1CC(O)C1(C)C)c1ccc(OC)cc1. The summed E-state index contributed by atoms with van der Waals surface area (Å²) in [5.74, 6) is 0.887. The summed E-state index contributed by atoms with van der Waals surface area (Å²) in [5, 5.41) is 13.5. The van der Waals surface area contributed by atoms with Crippen LogP contribution in [0.4, 0.5) is 0 Å². The summed E-state index contributed by atoms with van der Waals surface area (Å²) in [5.41, 5.74) is 1.25. The van der Waals surface area contributed by atoms with Crippen molar-refractivity contribution in [3.8, 4) is 5.75 Å². The van der Waals surface area contributed by atoms with Crippen molar-refractivity contribution in [2.24, 2.45) is 5.41 Å². The minimum Gasteiger partial charge on any atom is -0.497 e. The zero-order chi connectivity index (χ0) is 14.0. The van der Waals surface area contributed by atoms with Gasteiger partial charge >= 0.3 is 0 Å². The van der Waals surface area contributed by atoms with Crippen LogP contribution < -0.4 is 10.1 Å². The van der Waals surface area contributed by atoms with Gasteiger partial charge in [-0.2, -0.15) is 0 Å². The highest BCUT2D eigenvalue weighted by molar-refractivity contribution is 5.29. The summed E-state index contributed by atoms with van der Waals surface area (Å²) in [6.07, 6.45) is 1.70. The Morgan fingerprint density at radius 3 is 2.42 bits per heavy atom. The molecule has 1 aromatic carbocycles. The first kappa shape index (κ1) is 14.4. The molecule has 3 atom stereocenters. The quantitative estimate of drug-likeness (QED) is 0.858. The molecular formula is C16H25NO2. The van der Waals surface area contributed by atoms with Gasteiger partial charge in [-0.15, -0.1) is 0 Å². The van der Waals surface area contributed by atoms with Gasteiger partial charge in [0.1, 0.15) is 5.75 Å². The highest BCUT2D eigenvalue weighted by atomic mass is 16.5. The Hall–Kier alpha value is -1.06. The first-order chi connectivity index (χ1) is 8.98. The fourth-order valence-corrected chi connectivity index (χ4v) is 2.71. The molecule has 0 amide bonds. The molecule has 0 spiro atoms. The van der Waals surface area contributed by atoms with Crippen molar-refractivity contribution >= 4 is 0 Å². The fourth-order valence-electron chi connectivity index (χ4n) is 2.71. The normalized spacial score (nSPS) is 26.6. The predicted octanol–water partition coefficient (Wildman–Crippen LogP) is 2.90. The van der Waals surface area contributed by atoms with E-state index in [9.17, 15) is 5.11 Å².